The number of nitrogens with one attached hydrogen (secondary N) is 1. The van der Waals surface area contributed by atoms with Crippen LogP contribution in [0.4, 0.5) is 8.78 Å². The van der Waals surface area contributed by atoms with E-state index in [9.17, 15) is 18.4 Å². The van der Waals surface area contributed by atoms with Crippen LogP contribution in [0.15, 0.2) is 12.1 Å². The highest BCUT2D eigenvalue weighted by Crippen LogP contribution is 2.38. The molecule has 4 atom stereocenters. The lowest BCUT2D eigenvalue weighted by atomic mass is 9.72. The van der Waals surface area contributed by atoms with Crippen LogP contribution in [0.1, 0.15) is 36.0 Å². The first-order valence-corrected chi connectivity index (χ1v) is 8.20. The summed E-state index contributed by atoms with van der Waals surface area (Å²) in [6.07, 6.45) is 2.15. The fraction of sp³-hybridized carbons (Fsp3) is 0.529. The largest absolute Gasteiger partial charge is 0.489 e. The fourth-order valence-electron chi connectivity index (χ4n) is 3.79. The third-order valence-corrected chi connectivity index (χ3v) is 5.10. The molecule has 1 aliphatic heterocycles. The van der Waals surface area contributed by atoms with Crippen molar-refractivity contribution in [2.24, 2.45) is 11.8 Å². The van der Waals surface area contributed by atoms with Gasteiger partial charge in [-0.15, -0.1) is 12.4 Å². The van der Waals surface area contributed by atoms with Crippen molar-refractivity contribution in [2.45, 2.75) is 37.8 Å². The van der Waals surface area contributed by atoms with Gasteiger partial charge in [0.05, 0.1) is 6.10 Å². The smallest absolute Gasteiger partial charge is 0.339 e. The summed E-state index contributed by atoms with van der Waals surface area (Å²) in [7, 11) is 0. The Labute approximate surface area is 154 Å². The Morgan fingerprint density at radius 2 is 1.77 bits per heavy atom. The van der Waals surface area contributed by atoms with Crippen molar-refractivity contribution in [1.82, 2.24) is 5.32 Å². The Kier molecular flexibility index (Phi) is 6.41. The Morgan fingerprint density at radius 1 is 1.08 bits per heavy atom. The van der Waals surface area contributed by atoms with Crippen molar-refractivity contribution in [3.8, 4) is 5.75 Å². The number of aromatic carboxylic acids is 1. The number of carboxylic acids is 2. The number of fused-ring (bicyclic) bond motifs is 1. The van der Waals surface area contributed by atoms with Crippen LogP contribution in [0.25, 0.3) is 0 Å². The summed E-state index contributed by atoms with van der Waals surface area (Å²) < 4.78 is 32.4. The quantitative estimate of drug-likeness (QED) is 0.730. The lowest BCUT2D eigenvalue weighted by Crippen LogP contribution is -2.50. The number of ether oxygens (including phenoxy) is 1. The van der Waals surface area contributed by atoms with Gasteiger partial charge in [0.15, 0.2) is 11.6 Å². The minimum absolute atomic E-state index is 0. The van der Waals surface area contributed by atoms with Gasteiger partial charge in [0, 0.05) is 6.07 Å². The van der Waals surface area contributed by atoms with Gasteiger partial charge in [-0.25, -0.2) is 13.6 Å². The van der Waals surface area contributed by atoms with E-state index in [2.05, 4.69) is 5.32 Å². The van der Waals surface area contributed by atoms with Crippen molar-refractivity contribution < 1.29 is 33.3 Å². The van der Waals surface area contributed by atoms with E-state index < -0.39 is 35.2 Å². The first-order valence-electron chi connectivity index (χ1n) is 8.20. The predicted octanol–water partition coefficient (Wildman–Crippen LogP) is 2.70. The first kappa shape index (κ1) is 20.4. The zero-order valence-electron chi connectivity index (χ0n) is 13.8. The molecule has 0 bridgehead atoms. The topological polar surface area (TPSA) is 95.9 Å². The summed E-state index contributed by atoms with van der Waals surface area (Å²) in [5.41, 5.74) is -0.422. The average Bonchev–Trinajstić information content (AvgIpc) is 2.57. The molecule has 3 N–H and O–H groups in total. The van der Waals surface area contributed by atoms with Crippen LogP contribution in [0.5, 0.6) is 5.75 Å². The number of aliphatic carboxylic acids is 1. The van der Waals surface area contributed by atoms with Crippen molar-refractivity contribution in [2.75, 3.05) is 6.54 Å². The van der Waals surface area contributed by atoms with Gasteiger partial charge in [-0.1, -0.05) is 0 Å². The highest BCUT2D eigenvalue weighted by molar-refractivity contribution is 5.90. The number of rotatable bonds is 4. The van der Waals surface area contributed by atoms with Crippen LogP contribution in [-0.4, -0.2) is 40.8 Å². The SMILES string of the molecule is Cl.O=C(O)c1cc(F)c(F)cc1O[C@H]1CC[C@H]2CN[C@H](C(=O)O)C[C@@H]2C1. The van der Waals surface area contributed by atoms with Gasteiger partial charge in [0.25, 0.3) is 0 Å². The average molecular weight is 392 g/mol. The number of carbonyl (C=O) groups is 2. The molecule has 1 aromatic rings. The van der Waals surface area contributed by atoms with E-state index in [1.807, 2.05) is 0 Å². The normalized spacial score (nSPS) is 27.8. The maximum absolute atomic E-state index is 13.5. The molecular weight excluding hydrogens is 372 g/mol. The van der Waals surface area contributed by atoms with E-state index in [-0.39, 0.29) is 30.2 Å². The van der Waals surface area contributed by atoms with E-state index in [0.29, 0.717) is 37.8 Å². The molecule has 0 radical (unpaired) electrons. The van der Waals surface area contributed by atoms with E-state index in [4.69, 9.17) is 14.9 Å². The van der Waals surface area contributed by atoms with Gasteiger partial charge in [-0.3, -0.25) is 4.79 Å². The third-order valence-electron chi connectivity index (χ3n) is 5.10. The molecule has 1 heterocycles. The predicted molar refractivity (Wildman–Crippen MR) is 89.9 cm³/mol. The number of piperidine rings is 1. The van der Waals surface area contributed by atoms with Gasteiger partial charge in [0.1, 0.15) is 17.4 Å². The highest BCUT2D eigenvalue weighted by atomic mass is 35.5. The molecule has 6 nitrogen and oxygen atoms in total. The summed E-state index contributed by atoms with van der Waals surface area (Å²) in [4.78, 5) is 22.4. The third kappa shape index (κ3) is 4.24. The van der Waals surface area contributed by atoms with Gasteiger partial charge >= 0.3 is 11.9 Å². The maximum atomic E-state index is 13.5. The molecule has 1 aliphatic carbocycles. The minimum Gasteiger partial charge on any atom is -0.489 e. The molecule has 2 aliphatic rings. The lowest BCUT2D eigenvalue weighted by Gasteiger charge is -2.41. The molecule has 26 heavy (non-hydrogen) atoms. The summed E-state index contributed by atoms with van der Waals surface area (Å²) in [6, 6.07) is 0.773. The molecule has 9 heteroatoms. The minimum atomic E-state index is -1.39. The number of halogens is 3. The van der Waals surface area contributed by atoms with Crippen molar-refractivity contribution in [3.63, 3.8) is 0 Å². The van der Waals surface area contributed by atoms with E-state index in [1.165, 1.54) is 0 Å². The van der Waals surface area contributed by atoms with Gasteiger partial charge in [-0.05, 0) is 50.1 Å². The monoisotopic (exact) mass is 391 g/mol. The van der Waals surface area contributed by atoms with Crippen molar-refractivity contribution in [1.29, 1.82) is 0 Å². The van der Waals surface area contributed by atoms with Crippen LogP contribution in [0.3, 0.4) is 0 Å². The van der Waals surface area contributed by atoms with Crippen molar-refractivity contribution in [3.05, 3.63) is 29.3 Å². The second kappa shape index (κ2) is 8.18. The Morgan fingerprint density at radius 3 is 2.42 bits per heavy atom. The van der Waals surface area contributed by atoms with Gasteiger partial charge in [-0.2, -0.15) is 0 Å². The maximum Gasteiger partial charge on any atom is 0.339 e. The first-order chi connectivity index (χ1) is 11.8. The fourth-order valence-corrected chi connectivity index (χ4v) is 3.79. The van der Waals surface area contributed by atoms with Crippen LogP contribution in [0, 0.1) is 23.5 Å². The molecule has 1 aromatic carbocycles. The molecule has 2 fully saturated rings. The van der Waals surface area contributed by atoms with E-state index in [0.717, 1.165) is 12.5 Å². The Balaban J connectivity index is 0.00000243. The van der Waals surface area contributed by atoms with Crippen LogP contribution >= 0.6 is 12.4 Å². The number of benzene rings is 1. The second-order valence-corrected chi connectivity index (χ2v) is 6.68. The van der Waals surface area contributed by atoms with Crippen LogP contribution in [-0.2, 0) is 4.79 Å². The molecule has 0 amide bonds. The van der Waals surface area contributed by atoms with E-state index >= 15 is 0 Å². The summed E-state index contributed by atoms with van der Waals surface area (Å²) in [5, 5.41) is 21.3. The molecule has 0 unspecified atom stereocenters. The van der Waals surface area contributed by atoms with Gasteiger partial charge in [0.2, 0.25) is 0 Å². The Bertz CT molecular complexity index is 702. The zero-order chi connectivity index (χ0) is 18.1. The molecular formula is C17H20ClF2NO5. The number of carboxylic acid groups (broad SMARTS) is 2. The summed E-state index contributed by atoms with van der Waals surface area (Å²) in [6.45, 7) is 0.625. The molecule has 144 valence electrons. The zero-order valence-corrected chi connectivity index (χ0v) is 14.6. The van der Waals surface area contributed by atoms with Crippen LogP contribution < -0.4 is 10.1 Å². The standard InChI is InChI=1S/C17H19F2NO5.ClH/c18-12-5-11(16(21)22)15(6-13(12)19)25-10-2-1-8-7-20-14(17(23)24)4-9(8)3-10;/h5-6,8-10,14,20H,1-4,7H2,(H,21,22)(H,23,24);1H/t8-,9-,10-,14-;/m0./s1. The van der Waals surface area contributed by atoms with Crippen LogP contribution in [0.2, 0.25) is 0 Å². The van der Waals surface area contributed by atoms with E-state index in [1.54, 1.807) is 0 Å². The number of hydrogen-bond donors (Lipinski definition) is 3. The Hall–Kier alpha value is -1.93. The van der Waals surface area contributed by atoms with Crippen molar-refractivity contribution >= 4 is 24.3 Å². The lowest BCUT2D eigenvalue weighted by molar-refractivity contribution is -0.141. The summed E-state index contributed by atoms with van der Waals surface area (Å²) >= 11 is 0. The molecule has 0 aromatic heterocycles. The summed E-state index contributed by atoms with van der Waals surface area (Å²) in [5.74, 6) is -4.40. The van der Waals surface area contributed by atoms with Gasteiger partial charge < -0.3 is 20.3 Å². The molecule has 1 saturated heterocycles. The number of hydrogen-bond acceptors (Lipinski definition) is 4. The highest BCUT2D eigenvalue weighted by Gasteiger charge is 2.38. The molecule has 0 spiro atoms. The molecule has 3 rings (SSSR count). The second-order valence-electron chi connectivity index (χ2n) is 6.68. The molecule has 1 saturated carbocycles.